The highest BCUT2D eigenvalue weighted by atomic mass is 35.5. The van der Waals surface area contributed by atoms with Gasteiger partial charge < -0.3 is 10.1 Å². The lowest BCUT2D eigenvalue weighted by atomic mass is 9.72. The molecule has 1 aliphatic heterocycles. The number of dihydropyridines is 1. The summed E-state index contributed by atoms with van der Waals surface area (Å²) in [6.45, 7) is 4.15. The summed E-state index contributed by atoms with van der Waals surface area (Å²) < 4.78 is 5.48. The van der Waals surface area contributed by atoms with E-state index in [0.717, 1.165) is 23.2 Å². The van der Waals surface area contributed by atoms with Crippen LogP contribution in [0.2, 0.25) is 10.0 Å². The predicted molar refractivity (Wildman–Crippen MR) is 127 cm³/mol. The Labute approximate surface area is 198 Å². The average molecular weight is 470 g/mol. The van der Waals surface area contributed by atoms with Gasteiger partial charge in [-0.05, 0) is 61.1 Å². The summed E-state index contributed by atoms with van der Waals surface area (Å²) in [5.41, 5.74) is 4.64. The lowest BCUT2D eigenvalue weighted by Gasteiger charge is -2.36. The first kappa shape index (κ1) is 22.6. The van der Waals surface area contributed by atoms with E-state index in [2.05, 4.69) is 5.32 Å². The molecule has 1 aliphatic carbocycles. The molecule has 166 valence electrons. The van der Waals surface area contributed by atoms with Gasteiger partial charge >= 0.3 is 5.97 Å². The summed E-state index contributed by atoms with van der Waals surface area (Å²) in [4.78, 5) is 26.5. The zero-order valence-electron chi connectivity index (χ0n) is 18.1. The predicted octanol–water partition coefficient (Wildman–Crippen LogP) is 6.31. The van der Waals surface area contributed by atoms with Crippen molar-refractivity contribution < 1.29 is 14.3 Å². The van der Waals surface area contributed by atoms with Crippen LogP contribution in [0.4, 0.5) is 0 Å². The number of ketones is 1. The SMILES string of the molecule is CCCOC(=O)C1=C(C)NC2=C(C(=O)C[C@@H](c3ccc(Cl)cc3)C2)[C@H]1c1ccc(Cl)cc1. The van der Waals surface area contributed by atoms with E-state index in [0.29, 0.717) is 46.3 Å². The van der Waals surface area contributed by atoms with Gasteiger partial charge in [0, 0.05) is 39.4 Å². The quantitative estimate of drug-likeness (QED) is 0.521. The second-order valence-corrected chi connectivity index (χ2v) is 9.13. The number of hydrogen-bond donors (Lipinski definition) is 1. The molecule has 1 N–H and O–H groups in total. The highest BCUT2D eigenvalue weighted by Gasteiger charge is 2.41. The summed E-state index contributed by atoms with van der Waals surface area (Å²) in [6, 6.07) is 15.0. The Morgan fingerprint density at radius 3 is 2.19 bits per heavy atom. The third-order valence-electron chi connectivity index (χ3n) is 6.03. The fourth-order valence-corrected chi connectivity index (χ4v) is 4.79. The molecular formula is C26H25Cl2NO3. The molecular weight excluding hydrogens is 445 g/mol. The minimum atomic E-state index is -0.480. The number of rotatable bonds is 5. The molecule has 2 atom stereocenters. The topological polar surface area (TPSA) is 55.4 Å². The Bertz CT molecular complexity index is 1100. The van der Waals surface area contributed by atoms with Gasteiger partial charge in [-0.15, -0.1) is 0 Å². The van der Waals surface area contributed by atoms with Crippen molar-refractivity contribution in [2.24, 2.45) is 0 Å². The summed E-state index contributed by atoms with van der Waals surface area (Å²) in [5.74, 6) is -0.785. The van der Waals surface area contributed by atoms with E-state index < -0.39 is 11.9 Å². The minimum Gasteiger partial charge on any atom is -0.462 e. The molecule has 0 saturated carbocycles. The molecule has 0 fully saturated rings. The second kappa shape index (κ2) is 9.51. The molecule has 0 saturated heterocycles. The molecule has 0 unspecified atom stereocenters. The molecule has 32 heavy (non-hydrogen) atoms. The van der Waals surface area contributed by atoms with E-state index in [1.54, 1.807) is 12.1 Å². The maximum atomic E-state index is 13.5. The molecule has 6 heteroatoms. The van der Waals surface area contributed by atoms with Gasteiger partial charge in [-0.1, -0.05) is 54.4 Å². The Morgan fingerprint density at radius 1 is 1.00 bits per heavy atom. The fourth-order valence-electron chi connectivity index (χ4n) is 4.54. The van der Waals surface area contributed by atoms with Gasteiger partial charge in [0.2, 0.25) is 0 Å². The zero-order valence-corrected chi connectivity index (χ0v) is 19.6. The Balaban J connectivity index is 1.76. The largest absolute Gasteiger partial charge is 0.462 e. The number of Topliss-reactive ketones (excluding diaryl/α,β-unsaturated/α-hetero) is 1. The summed E-state index contributed by atoms with van der Waals surface area (Å²) >= 11 is 12.1. The van der Waals surface area contributed by atoms with Gasteiger partial charge in [-0.2, -0.15) is 0 Å². The number of nitrogens with one attached hydrogen (secondary N) is 1. The van der Waals surface area contributed by atoms with Gasteiger partial charge in [-0.3, -0.25) is 4.79 Å². The van der Waals surface area contributed by atoms with Crippen molar-refractivity contribution in [3.05, 3.63) is 92.2 Å². The normalized spacial score (nSPS) is 20.7. The van der Waals surface area contributed by atoms with Crippen molar-refractivity contribution in [1.29, 1.82) is 0 Å². The van der Waals surface area contributed by atoms with Gasteiger partial charge in [0.15, 0.2) is 5.78 Å². The number of carbonyl (C=O) groups excluding carboxylic acids is 2. The standard InChI is InChI=1S/C26H25Cl2NO3/c1-3-12-32-26(31)23-15(2)29-21-13-18(16-4-8-19(27)9-5-16)14-22(30)25(21)24(23)17-6-10-20(28)11-7-17/h4-11,18,24,29H,3,12-14H2,1-2H3/t18-,24-/m0/s1. The van der Waals surface area contributed by atoms with E-state index in [1.165, 1.54) is 0 Å². The number of esters is 1. The van der Waals surface area contributed by atoms with Gasteiger partial charge in [0.05, 0.1) is 12.2 Å². The van der Waals surface area contributed by atoms with Gasteiger partial charge in [0.25, 0.3) is 0 Å². The number of halogens is 2. The van der Waals surface area contributed by atoms with E-state index in [1.807, 2.05) is 50.2 Å². The van der Waals surface area contributed by atoms with Crippen LogP contribution < -0.4 is 5.32 Å². The molecule has 0 amide bonds. The van der Waals surface area contributed by atoms with Crippen molar-refractivity contribution in [3.63, 3.8) is 0 Å². The summed E-state index contributed by atoms with van der Waals surface area (Å²) in [5, 5.41) is 4.64. The van der Waals surface area contributed by atoms with E-state index >= 15 is 0 Å². The van der Waals surface area contributed by atoms with E-state index in [4.69, 9.17) is 27.9 Å². The average Bonchev–Trinajstić information content (AvgIpc) is 2.77. The van der Waals surface area contributed by atoms with Crippen LogP contribution in [0.5, 0.6) is 0 Å². The van der Waals surface area contributed by atoms with Crippen LogP contribution in [0, 0.1) is 0 Å². The van der Waals surface area contributed by atoms with Crippen LogP contribution in [0.3, 0.4) is 0 Å². The number of carbonyl (C=O) groups is 2. The van der Waals surface area contributed by atoms with Crippen LogP contribution in [-0.4, -0.2) is 18.4 Å². The van der Waals surface area contributed by atoms with Crippen molar-refractivity contribution >= 4 is 35.0 Å². The molecule has 2 aromatic carbocycles. The third kappa shape index (κ3) is 4.48. The Hall–Kier alpha value is -2.56. The maximum Gasteiger partial charge on any atom is 0.336 e. The van der Waals surface area contributed by atoms with Crippen molar-refractivity contribution in [2.75, 3.05) is 6.61 Å². The minimum absolute atomic E-state index is 0.0342. The molecule has 0 aromatic heterocycles. The summed E-state index contributed by atoms with van der Waals surface area (Å²) in [7, 11) is 0. The Morgan fingerprint density at radius 2 is 1.59 bits per heavy atom. The Kier molecular flexibility index (Phi) is 6.73. The van der Waals surface area contributed by atoms with Crippen molar-refractivity contribution in [2.45, 2.75) is 44.9 Å². The molecule has 1 heterocycles. The smallest absolute Gasteiger partial charge is 0.336 e. The number of benzene rings is 2. The van der Waals surface area contributed by atoms with Crippen molar-refractivity contribution in [1.82, 2.24) is 5.32 Å². The number of ether oxygens (including phenoxy) is 1. The van der Waals surface area contributed by atoms with Crippen LogP contribution in [0.15, 0.2) is 71.1 Å². The second-order valence-electron chi connectivity index (χ2n) is 8.26. The van der Waals surface area contributed by atoms with Gasteiger partial charge in [-0.25, -0.2) is 4.79 Å². The molecule has 2 aromatic rings. The number of allylic oxidation sites excluding steroid dienone is 3. The van der Waals surface area contributed by atoms with E-state index in [9.17, 15) is 9.59 Å². The van der Waals surface area contributed by atoms with Crippen LogP contribution in [0.1, 0.15) is 56.1 Å². The highest BCUT2D eigenvalue weighted by molar-refractivity contribution is 6.30. The molecule has 0 bridgehead atoms. The summed E-state index contributed by atoms with van der Waals surface area (Å²) in [6.07, 6.45) is 1.79. The third-order valence-corrected chi connectivity index (χ3v) is 6.53. The molecule has 2 aliphatic rings. The monoisotopic (exact) mass is 469 g/mol. The number of hydrogen-bond acceptors (Lipinski definition) is 4. The van der Waals surface area contributed by atoms with E-state index in [-0.39, 0.29) is 11.7 Å². The first-order chi connectivity index (χ1) is 15.4. The first-order valence-corrected chi connectivity index (χ1v) is 11.6. The lowest BCUT2D eigenvalue weighted by molar-refractivity contribution is -0.139. The lowest BCUT2D eigenvalue weighted by Crippen LogP contribution is -2.36. The van der Waals surface area contributed by atoms with Crippen LogP contribution in [0.25, 0.3) is 0 Å². The molecule has 0 spiro atoms. The first-order valence-electron chi connectivity index (χ1n) is 10.8. The molecule has 4 nitrogen and oxygen atoms in total. The highest BCUT2D eigenvalue weighted by Crippen LogP contribution is 2.45. The molecule has 4 rings (SSSR count). The van der Waals surface area contributed by atoms with Gasteiger partial charge in [0.1, 0.15) is 0 Å². The van der Waals surface area contributed by atoms with Crippen molar-refractivity contribution in [3.8, 4) is 0 Å². The maximum absolute atomic E-state index is 13.5. The zero-order chi connectivity index (χ0) is 22.8. The fraction of sp³-hybridized carbons (Fsp3) is 0.308. The molecule has 0 radical (unpaired) electrons. The van der Waals surface area contributed by atoms with Crippen LogP contribution >= 0.6 is 23.2 Å². The van der Waals surface area contributed by atoms with Crippen LogP contribution in [-0.2, 0) is 14.3 Å².